The molecule has 1 aromatic heterocycles. The minimum Gasteiger partial charge on any atom is -0.469 e. The molecular weight excluding hydrogens is 178 g/mol. The summed E-state index contributed by atoms with van der Waals surface area (Å²) in [5, 5.41) is 3.14. The molecule has 1 rings (SSSR count). The van der Waals surface area contributed by atoms with Crippen molar-refractivity contribution >= 4 is 5.78 Å². The van der Waals surface area contributed by atoms with Gasteiger partial charge in [-0.1, -0.05) is 6.92 Å². The Bertz CT molecular complexity index is 288. The largest absolute Gasteiger partial charge is 0.469 e. The summed E-state index contributed by atoms with van der Waals surface area (Å²) in [5.74, 6) is 0.871. The zero-order valence-electron chi connectivity index (χ0n) is 8.96. The molecule has 3 heteroatoms. The van der Waals surface area contributed by atoms with E-state index in [2.05, 4.69) is 5.32 Å². The van der Waals surface area contributed by atoms with Crippen LogP contribution in [0.5, 0.6) is 0 Å². The van der Waals surface area contributed by atoms with E-state index in [-0.39, 0.29) is 5.78 Å². The molecule has 1 aromatic rings. The number of hydrogen-bond donors (Lipinski definition) is 1. The first-order valence-electron chi connectivity index (χ1n) is 4.87. The second-order valence-corrected chi connectivity index (χ2v) is 3.83. The minimum atomic E-state index is -0.471. The van der Waals surface area contributed by atoms with Gasteiger partial charge in [0.1, 0.15) is 5.76 Å². The summed E-state index contributed by atoms with van der Waals surface area (Å²) in [4.78, 5) is 11.8. The quantitative estimate of drug-likeness (QED) is 0.778. The molecule has 1 heterocycles. The van der Waals surface area contributed by atoms with Gasteiger partial charge >= 0.3 is 0 Å². The number of hydrogen-bond acceptors (Lipinski definition) is 3. The van der Waals surface area contributed by atoms with E-state index in [0.29, 0.717) is 6.42 Å². The van der Waals surface area contributed by atoms with Crippen LogP contribution in [0, 0.1) is 0 Å². The topological polar surface area (TPSA) is 42.2 Å². The van der Waals surface area contributed by atoms with Gasteiger partial charge in [-0.3, -0.25) is 4.79 Å². The Kier molecular flexibility index (Phi) is 3.47. The van der Waals surface area contributed by atoms with E-state index in [9.17, 15) is 4.79 Å². The van der Waals surface area contributed by atoms with E-state index >= 15 is 0 Å². The second kappa shape index (κ2) is 4.42. The maximum Gasteiger partial charge on any atom is 0.159 e. The van der Waals surface area contributed by atoms with Crippen molar-refractivity contribution in [2.45, 2.75) is 32.7 Å². The first kappa shape index (κ1) is 11.0. The van der Waals surface area contributed by atoms with E-state index in [4.69, 9.17) is 4.42 Å². The van der Waals surface area contributed by atoms with Gasteiger partial charge in [0.2, 0.25) is 0 Å². The molecule has 0 amide bonds. The molecule has 0 unspecified atom stereocenters. The van der Waals surface area contributed by atoms with Gasteiger partial charge in [-0.15, -0.1) is 0 Å². The molecule has 0 aliphatic rings. The minimum absolute atomic E-state index is 0.148. The predicted molar refractivity (Wildman–Crippen MR) is 55.2 cm³/mol. The number of carbonyl (C=O) groups excluding carboxylic acids is 1. The Morgan fingerprint density at radius 1 is 1.57 bits per heavy atom. The number of carbonyl (C=O) groups is 1. The molecule has 0 radical (unpaired) electrons. The molecule has 1 N–H and O–H groups in total. The molecule has 0 aromatic carbocycles. The summed E-state index contributed by atoms with van der Waals surface area (Å²) >= 11 is 0. The van der Waals surface area contributed by atoms with Crippen LogP contribution >= 0.6 is 0 Å². The highest BCUT2D eigenvalue weighted by molar-refractivity contribution is 5.88. The van der Waals surface area contributed by atoms with E-state index in [1.807, 2.05) is 26.8 Å². The highest BCUT2D eigenvalue weighted by Crippen LogP contribution is 2.10. The number of Topliss-reactive ketones (excluding diaryl/α,β-unsaturated/α-hetero) is 1. The van der Waals surface area contributed by atoms with Crippen molar-refractivity contribution in [1.82, 2.24) is 5.32 Å². The van der Waals surface area contributed by atoms with Gasteiger partial charge in [0.05, 0.1) is 18.2 Å². The fourth-order valence-electron chi connectivity index (χ4n) is 1.33. The van der Waals surface area contributed by atoms with Crippen LogP contribution in [0.15, 0.2) is 22.8 Å². The lowest BCUT2D eigenvalue weighted by atomic mass is 9.96. The molecular formula is C11H17NO2. The van der Waals surface area contributed by atoms with Gasteiger partial charge in [0, 0.05) is 0 Å². The number of furan rings is 1. The second-order valence-electron chi connectivity index (χ2n) is 3.83. The maximum absolute atomic E-state index is 11.8. The molecule has 0 saturated heterocycles. The van der Waals surface area contributed by atoms with E-state index in [1.54, 1.807) is 12.3 Å². The van der Waals surface area contributed by atoms with E-state index in [0.717, 1.165) is 12.3 Å². The van der Waals surface area contributed by atoms with Crippen LogP contribution in [-0.4, -0.2) is 17.9 Å². The monoisotopic (exact) mass is 195 g/mol. The molecule has 0 atom stereocenters. The average Bonchev–Trinajstić information content (AvgIpc) is 2.56. The smallest absolute Gasteiger partial charge is 0.159 e. The zero-order chi connectivity index (χ0) is 10.6. The summed E-state index contributed by atoms with van der Waals surface area (Å²) < 4.78 is 5.13. The lowest BCUT2D eigenvalue weighted by Gasteiger charge is -2.23. The Morgan fingerprint density at radius 3 is 2.79 bits per heavy atom. The molecule has 0 aliphatic heterocycles. The van der Waals surface area contributed by atoms with Crippen LogP contribution in [0.1, 0.15) is 26.5 Å². The van der Waals surface area contributed by atoms with Gasteiger partial charge in [0.15, 0.2) is 5.78 Å². The van der Waals surface area contributed by atoms with Gasteiger partial charge in [-0.2, -0.15) is 0 Å². The number of rotatable bonds is 5. The molecule has 3 nitrogen and oxygen atoms in total. The van der Waals surface area contributed by atoms with Crippen molar-refractivity contribution in [2.24, 2.45) is 0 Å². The van der Waals surface area contributed by atoms with Gasteiger partial charge in [-0.05, 0) is 32.5 Å². The van der Waals surface area contributed by atoms with Gasteiger partial charge < -0.3 is 9.73 Å². The normalized spacial score (nSPS) is 11.6. The summed E-state index contributed by atoms with van der Waals surface area (Å²) in [6, 6.07) is 3.61. The van der Waals surface area contributed by atoms with Crippen LogP contribution < -0.4 is 5.32 Å². The molecule has 0 saturated carbocycles. The van der Waals surface area contributed by atoms with Crippen LogP contribution in [0.2, 0.25) is 0 Å². The lowest BCUT2D eigenvalue weighted by Crippen LogP contribution is -2.47. The molecule has 0 fully saturated rings. The van der Waals surface area contributed by atoms with Crippen molar-refractivity contribution in [3.8, 4) is 0 Å². The average molecular weight is 195 g/mol. The predicted octanol–water partition coefficient (Wildman–Crippen LogP) is 1.78. The SMILES string of the molecule is CCNC(C)(C)C(=O)Cc1ccco1. The highest BCUT2D eigenvalue weighted by Gasteiger charge is 2.26. The standard InChI is InChI=1S/C11H17NO2/c1-4-12-11(2,3)10(13)8-9-6-5-7-14-9/h5-7,12H,4,8H2,1-3H3. The Morgan fingerprint density at radius 2 is 2.29 bits per heavy atom. The first-order valence-corrected chi connectivity index (χ1v) is 4.87. The highest BCUT2D eigenvalue weighted by atomic mass is 16.3. The third kappa shape index (κ3) is 2.70. The number of ketones is 1. The fourth-order valence-corrected chi connectivity index (χ4v) is 1.33. The zero-order valence-corrected chi connectivity index (χ0v) is 8.96. The maximum atomic E-state index is 11.8. The first-order chi connectivity index (χ1) is 6.56. The molecule has 78 valence electrons. The van der Waals surface area contributed by atoms with Crippen molar-refractivity contribution in [2.75, 3.05) is 6.54 Å². The summed E-state index contributed by atoms with van der Waals surface area (Å²) in [7, 11) is 0. The van der Waals surface area contributed by atoms with E-state index < -0.39 is 5.54 Å². The van der Waals surface area contributed by atoms with Crippen molar-refractivity contribution < 1.29 is 9.21 Å². The van der Waals surface area contributed by atoms with Crippen LogP contribution in [0.25, 0.3) is 0 Å². The van der Waals surface area contributed by atoms with E-state index in [1.165, 1.54) is 0 Å². The lowest BCUT2D eigenvalue weighted by molar-refractivity contribution is -0.123. The Hall–Kier alpha value is -1.09. The molecule has 0 bridgehead atoms. The van der Waals surface area contributed by atoms with Crippen molar-refractivity contribution in [1.29, 1.82) is 0 Å². The third-order valence-electron chi connectivity index (χ3n) is 2.23. The van der Waals surface area contributed by atoms with Crippen LogP contribution in [-0.2, 0) is 11.2 Å². The summed E-state index contributed by atoms with van der Waals surface area (Å²) in [5.41, 5.74) is -0.471. The van der Waals surface area contributed by atoms with Crippen molar-refractivity contribution in [3.05, 3.63) is 24.2 Å². The van der Waals surface area contributed by atoms with Crippen LogP contribution in [0.3, 0.4) is 0 Å². The summed E-state index contributed by atoms with van der Waals surface area (Å²) in [6.07, 6.45) is 1.94. The van der Waals surface area contributed by atoms with Crippen molar-refractivity contribution in [3.63, 3.8) is 0 Å². The van der Waals surface area contributed by atoms with Gasteiger partial charge in [-0.25, -0.2) is 0 Å². The Labute approximate surface area is 84.5 Å². The van der Waals surface area contributed by atoms with Crippen LogP contribution in [0.4, 0.5) is 0 Å². The Balaban J connectivity index is 2.57. The number of likely N-dealkylation sites (N-methyl/N-ethyl adjacent to an activating group) is 1. The third-order valence-corrected chi connectivity index (χ3v) is 2.23. The number of nitrogens with one attached hydrogen (secondary N) is 1. The fraction of sp³-hybridized carbons (Fsp3) is 0.545. The molecule has 0 spiro atoms. The summed E-state index contributed by atoms with van der Waals surface area (Å²) in [6.45, 7) is 6.56. The molecule has 0 aliphatic carbocycles. The molecule has 14 heavy (non-hydrogen) atoms. The van der Waals surface area contributed by atoms with Gasteiger partial charge in [0.25, 0.3) is 0 Å².